The van der Waals surface area contributed by atoms with Gasteiger partial charge in [0, 0.05) is 18.2 Å². The standard InChI is InChI=1S/C19H19Cl2N5O4/c1-19(2)5-4-11-15(19)17(29)24-25-18(11)30-16-12(20)6-10(7-13(16)21)26(3)23-8-14(28)22-9-27/h6-9H,4-5H2,1-3H3,(H,24,29)(H,22,27,28)/b23-8-. The molecule has 2 aromatic rings. The first kappa shape index (κ1) is 21.8. The molecule has 1 aliphatic rings. The molecule has 1 aliphatic carbocycles. The Bertz CT molecular complexity index is 1070. The maximum absolute atomic E-state index is 12.2. The van der Waals surface area contributed by atoms with E-state index in [-0.39, 0.29) is 39.1 Å². The lowest BCUT2D eigenvalue weighted by Gasteiger charge is -2.18. The lowest BCUT2D eigenvalue weighted by molar-refractivity contribution is -0.120. The maximum Gasteiger partial charge on any atom is 0.270 e. The Kier molecular flexibility index (Phi) is 6.14. The summed E-state index contributed by atoms with van der Waals surface area (Å²) in [5.74, 6) is -0.233. The average molecular weight is 452 g/mol. The van der Waals surface area contributed by atoms with Gasteiger partial charge in [0.15, 0.2) is 5.75 Å². The Morgan fingerprint density at radius 1 is 1.37 bits per heavy atom. The minimum atomic E-state index is -0.671. The first-order chi connectivity index (χ1) is 14.1. The monoisotopic (exact) mass is 451 g/mol. The summed E-state index contributed by atoms with van der Waals surface area (Å²) in [5, 5.41) is 14.1. The van der Waals surface area contributed by atoms with Crippen molar-refractivity contribution in [2.45, 2.75) is 32.1 Å². The molecule has 1 aromatic heterocycles. The summed E-state index contributed by atoms with van der Waals surface area (Å²) in [4.78, 5) is 33.8. The third kappa shape index (κ3) is 4.31. The van der Waals surface area contributed by atoms with Crippen molar-refractivity contribution in [1.29, 1.82) is 0 Å². The van der Waals surface area contributed by atoms with Crippen LogP contribution in [-0.2, 0) is 21.4 Å². The molecule has 1 heterocycles. The number of nitrogens with zero attached hydrogens (tertiary/aromatic N) is 3. The van der Waals surface area contributed by atoms with E-state index in [4.69, 9.17) is 27.9 Å². The molecule has 0 saturated carbocycles. The number of aromatic amines is 1. The number of rotatable bonds is 6. The lowest BCUT2D eigenvalue weighted by atomic mass is 9.88. The Morgan fingerprint density at radius 3 is 2.67 bits per heavy atom. The summed E-state index contributed by atoms with van der Waals surface area (Å²) in [5.41, 5.74) is 1.36. The summed E-state index contributed by atoms with van der Waals surface area (Å²) in [6, 6.07) is 3.10. The highest BCUT2D eigenvalue weighted by Gasteiger charge is 2.36. The van der Waals surface area contributed by atoms with Crippen LogP contribution in [0.25, 0.3) is 0 Å². The van der Waals surface area contributed by atoms with Crippen LogP contribution in [0.4, 0.5) is 5.69 Å². The largest absolute Gasteiger partial charge is 0.434 e. The summed E-state index contributed by atoms with van der Waals surface area (Å²) in [6.45, 7) is 4.00. The van der Waals surface area contributed by atoms with E-state index in [2.05, 4.69) is 15.3 Å². The molecule has 0 atom stereocenters. The number of hydrogen-bond donors (Lipinski definition) is 2. The smallest absolute Gasteiger partial charge is 0.270 e. The van der Waals surface area contributed by atoms with E-state index in [0.717, 1.165) is 18.2 Å². The van der Waals surface area contributed by atoms with Gasteiger partial charge >= 0.3 is 0 Å². The molecule has 0 radical (unpaired) electrons. The molecule has 9 nitrogen and oxygen atoms in total. The number of halogens is 2. The van der Waals surface area contributed by atoms with Crippen molar-refractivity contribution in [2.75, 3.05) is 12.1 Å². The molecule has 2 N–H and O–H groups in total. The molecule has 0 fully saturated rings. The minimum absolute atomic E-state index is 0.185. The van der Waals surface area contributed by atoms with Crippen molar-refractivity contribution >= 4 is 47.4 Å². The number of H-pyrrole nitrogens is 1. The fraction of sp³-hybridized carbons (Fsp3) is 0.316. The number of nitrogens with one attached hydrogen (secondary N) is 2. The lowest BCUT2D eigenvalue weighted by Crippen LogP contribution is -2.25. The summed E-state index contributed by atoms with van der Waals surface area (Å²) < 4.78 is 5.89. The van der Waals surface area contributed by atoms with E-state index in [0.29, 0.717) is 17.7 Å². The summed E-state index contributed by atoms with van der Waals surface area (Å²) in [7, 11) is 1.58. The molecule has 0 aliphatic heterocycles. The maximum atomic E-state index is 12.2. The zero-order valence-corrected chi connectivity index (χ0v) is 18.0. The predicted molar refractivity (Wildman–Crippen MR) is 114 cm³/mol. The normalized spacial score (nSPS) is 14.4. The summed E-state index contributed by atoms with van der Waals surface area (Å²) in [6.07, 6.45) is 2.66. The molecule has 0 unspecified atom stereocenters. The fourth-order valence-corrected chi connectivity index (χ4v) is 3.84. The van der Waals surface area contributed by atoms with E-state index in [1.807, 2.05) is 19.2 Å². The number of benzene rings is 1. The van der Waals surface area contributed by atoms with Gasteiger partial charge < -0.3 is 4.74 Å². The molecule has 0 saturated heterocycles. The molecule has 1 aromatic carbocycles. The van der Waals surface area contributed by atoms with Crippen LogP contribution in [0.2, 0.25) is 10.0 Å². The van der Waals surface area contributed by atoms with Gasteiger partial charge in [-0.1, -0.05) is 37.0 Å². The van der Waals surface area contributed by atoms with Crippen molar-refractivity contribution in [3.8, 4) is 11.6 Å². The number of anilines is 1. The SMILES string of the molecule is CN(/N=C\C(=O)NC=O)c1cc(Cl)c(Oc2n[nH]c(=O)c3c2CCC3(C)C)c(Cl)c1. The number of carbonyl (C=O) groups excluding carboxylic acids is 2. The molecule has 0 spiro atoms. The molecule has 0 bridgehead atoms. The zero-order chi connectivity index (χ0) is 22.1. The second-order valence-corrected chi connectivity index (χ2v) is 8.14. The highest BCUT2D eigenvalue weighted by atomic mass is 35.5. The Labute approximate surface area is 182 Å². The van der Waals surface area contributed by atoms with Crippen LogP contribution in [-0.4, -0.2) is 35.8 Å². The molecule has 30 heavy (non-hydrogen) atoms. The van der Waals surface area contributed by atoms with Gasteiger partial charge in [0.2, 0.25) is 12.3 Å². The molecular formula is C19H19Cl2N5O4. The Morgan fingerprint density at radius 2 is 2.03 bits per heavy atom. The summed E-state index contributed by atoms with van der Waals surface area (Å²) >= 11 is 12.7. The topological polar surface area (TPSA) is 117 Å². The quantitative estimate of drug-likeness (QED) is 0.396. The van der Waals surface area contributed by atoms with Gasteiger partial charge in [0.1, 0.15) is 6.21 Å². The average Bonchev–Trinajstić information content (AvgIpc) is 3.00. The van der Waals surface area contributed by atoms with Crippen molar-refractivity contribution in [3.05, 3.63) is 43.7 Å². The van der Waals surface area contributed by atoms with Crippen LogP contribution in [0, 0.1) is 0 Å². The Hall–Kier alpha value is -2.91. The van der Waals surface area contributed by atoms with Gasteiger partial charge in [0.25, 0.3) is 11.5 Å². The molecule has 11 heteroatoms. The molecule has 158 valence electrons. The number of hydrazone groups is 1. The van der Waals surface area contributed by atoms with Crippen molar-refractivity contribution < 1.29 is 14.3 Å². The van der Waals surface area contributed by atoms with E-state index in [1.165, 1.54) is 5.01 Å². The number of carbonyl (C=O) groups is 2. The van der Waals surface area contributed by atoms with Gasteiger partial charge in [-0.3, -0.25) is 24.7 Å². The van der Waals surface area contributed by atoms with E-state index >= 15 is 0 Å². The van der Waals surface area contributed by atoms with Crippen molar-refractivity contribution in [1.82, 2.24) is 15.5 Å². The number of aromatic nitrogens is 2. The van der Waals surface area contributed by atoms with Crippen LogP contribution in [0.1, 0.15) is 31.4 Å². The van der Waals surface area contributed by atoms with Crippen LogP contribution in [0.5, 0.6) is 11.6 Å². The number of amides is 2. The second kappa shape index (κ2) is 8.45. The molecule has 3 rings (SSSR count). The first-order valence-electron chi connectivity index (χ1n) is 8.95. The first-order valence-corrected chi connectivity index (χ1v) is 9.70. The van der Waals surface area contributed by atoms with Gasteiger partial charge in [-0.25, -0.2) is 5.10 Å². The van der Waals surface area contributed by atoms with Crippen LogP contribution < -0.4 is 20.6 Å². The van der Waals surface area contributed by atoms with E-state index < -0.39 is 5.91 Å². The third-order valence-electron chi connectivity index (χ3n) is 4.83. The molecular weight excluding hydrogens is 433 g/mol. The van der Waals surface area contributed by atoms with Crippen molar-refractivity contribution in [2.24, 2.45) is 5.10 Å². The van der Waals surface area contributed by atoms with Gasteiger partial charge in [0.05, 0.1) is 15.7 Å². The fourth-order valence-electron chi connectivity index (χ4n) is 3.29. The number of ether oxygens (including phenoxy) is 1. The van der Waals surface area contributed by atoms with E-state index in [1.54, 1.807) is 19.2 Å². The highest BCUT2D eigenvalue weighted by Crippen LogP contribution is 2.43. The van der Waals surface area contributed by atoms with Gasteiger partial charge in [-0.05, 0) is 30.4 Å². The molecule has 2 amide bonds. The third-order valence-corrected chi connectivity index (χ3v) is 5.39. The Balaban J connectivity index is 1.90. The van der Waals surface area contributed by atoms with Crippen LogP contribution in [0.15, 0.2) is 22.0 Å². The highest BCUT2D eigenvalue weighted by molar-refractivity contribution is 6.37. The second-order valence-electron chi connectivity index (χ2n) is 7.33. The van der Waals surface area contributed by atoms with Gasteiger partial charge in [-0.2, -0.15) is 5.10 Å². The predicted octanol–water partition coefficient (Wildman–Crippen LogP) is 2.79. The number of imide groups is 1. The minimum Gasteiger partial charge on any atom is -0.434 e. The van der Waals surface area contributed by atoms with Crippen molar-refractivity contribution in [3.63, 3.8) is 0 Å². The number of hydrogen-bond acceptors (Lipinski definition) is 7. The zero-order valence-electron chi connectivity index (χ0n) is 16.5. The van der Waals surface area contributed by atoms with E-state index in [9.17, 15) is 14.4 Å². The van der Waals surface area contributed by atoms with Crippen LogP contribution >= 0.6 is 23.2 Å². The van der Waals surface area contributed by atoms with Gasteiger partial charge in [-0.15, -0.1) is 5.10 Å². The van der Waals surface area contributed by atoms with Crippen LogP contribution in [0.3, 0.4) is 0 Å². The number of fused-ring (bicyclic) bond motifs is 1.